The molecule has 1 aromatic carbocycles. The van der Waals surface area contributed by atoms with Crippen molar-refractivity contribution in [3.8, 4) is 12.1 Å². The maximum atomic E-state index is 10.7. The van der Waals surface area contributed by atoms with Gasteiger partial charge in [0.1, 0.15) is 11.9 Å². The van der Waals surface area contributed by atoms with E-state index in [0.717, 1.165) is 5.56 Å². The van der Waals surface area contributed by atoms with Gasteiger partial charge in [-0.1, -0.05) is 12.1 Å². The molecular weight excluding hydrogens is 270 g/mol. The second-order valence-corrected chi connectivity index (χ2v) is 4.10. The van der Waals surface area contributed by atoms with Crippen LogP contribution < -0.4 is 5.32 Å². The molecule has 2 rings (SSSR count). The van der Waals surface area contributed by atoms with Gasteiger partial charge in [-0.05, 0) is 23.8 Å². The molecular formula is C14H9N5O2. The lowest BCUT2D eigenvalue weighted by molar-refractivity contribution is -0.385. The minimum Gasteiger partial charge on any atom is -0.366 e. The molecule has 0 aliphatic rings. The van der Waals surface area contributed by atoms with Crippen LogP contribution >= 0.6 is 0 Å². The van der Waals surface area contributed by atoms with Crippen molar-refractivity contribution in [2.45, 2.75) is 6.54 Å². The summed E-state index contributed by atoms with van der Waals surface area (Å²) in [6, 6.07) is 13.4. The van der Waals surface area contributed by atoms with Crippen molar-refractivity contribution in [3.05, 3.63) is 63.3 Å². The number of hydrogen-bond acceptors (Lipinski definition) is 6. The van der Waals surface area contributed by atoms with E-state index in [1.165, 1.54) is 12.1 Å². The van der Waals surface area contributed by atoms with Crippen LogP contribution in [0.15, 0.2) is 36.4 Å². The molecule has 7 heteroatoms. The van der Waals surface area contributed by atoms with Crippen molar-refractivity contribution in [1.82, 2.24) is 4.98 Å². The van der Waals surface area contributed by atoms with Crippen molar-refractivity contribution in [3.63, 3.8) is 0 Å². The fraction of sp³-hybridized carbons (Fsp3) is 0.0714. The van der Waals surface area contributed by atoms with Gasteiger partial charge in [0.05, 0.1) is 16.6 Å². The molecule has 0 spiro atoms. The van der Waals surface area contributed by atoms with Gasteiger partial charge >= 0.3 is 5.69 Å². The standard InChI is InChI=1S/C14H9N5O2/c15-7-10-2-1-3-11(6-10)9-17-14-5-4-13(19(20)21)12(8-16)18-14/h1-6H,9H2,(H,17,18). The van der Waals surface area contributed by atoms with Crippen molar-refractivity contribution in [2.75, 3.05) is 5.32 Å². The van der Waals surface area contributed by atoms with Crippen LogP contribution in [0, 0.1) is 32.8 Å². The largest absolute Gasteiger partial charge is 0.366 e. The summed E-state index contributed by atoms with van der Waals surface area (Å²) >= 11 is 0. The first kappa shape index (κ1) is 14.0. The van der Waals surface area contributed by atoms with E-state index in [2.05, 4.69) is 10.3 Å². The number of rotatable bonds is 4. The summed E-state index contributed by atoms with van der Waals surface area (Å²) in [5.41, 5.74) is 0.849. The van der Waals surface area contributed by atoms with Crippen molar-refractivity contribution < 1.29 is 4.92 Å². The Morgan fingerprint density at radius 3 is 2.71 bits per heavy atom. The molecule has 0 aliphatic heterocycles. The predicted molar refractivity (Wildman–Crippen MR) is 74.1 cm³/mol. The number of benzene rings is 1. The van der Waals surface area contributed by atoms with Crippen LogP contribution in [-0.2, 0) is 6.54 Å². The Balaban J connectivity index is 2.15. The number of aromatic nitrogens is 1. The van der Waals surface area contributed by atoms with Crippen molar-refractivity contribution >= 4 is 11.5 Å². The van der Waals surface area contributed by atoms with E-state index in [-0.39, 0.29) is 11.4 Å². The molecule has 7 nitrogen and oxygen atoms in total. The number of hydrogen-bond donors (Lipinski definition) is 1. The quantitative estimate of drug-likeness (QED) is 0.678. The van der Waals surface area contributed by atoms with Gasteiger partial charge in [0, 0.05) is 12.6 Å². The monoisotopic (exact) mass is 279 g/mol. The van der Waals surface area contributed by atoms with Crippen LogP contribution in [0.5, 0.6) is 0 Å². The van der Waals surface area contributed by atoms with Crippen LogP contribution in [-0.4, -0.2) is 9.91 Å². The van der Waals surface area contributed by atoms with Gasteiger partial charge in [-0.25, -0.2) is 4.98 Å². The van der Waals surface area contributed by atoms with E-state index in [1.807, 2.05) is 12.1 Å². The fourth-order valence-corrected chi connectivity index (χ4v) is 1.72. The highest BCUT2D eigenvalue weighted by Crippen LogP contribution is 2.18. The average Bonchev–Trinajstić information content (AvgIpc) is 2.52. The Hall–Kier alpha value is -3.45. The summed E-state index contributed by atoms with van der Waals surface area (Å²) in [6.45, 7) is 0.394. The first-order valence-corrected chi connectivity index (χ1v) is 5.92. The van der Waals surface area contributed by atoms with Crippen LogP contribution in [0.4, 0.5) is 11.5 Å². The second kappa shape index (κ2) is 6.13. The molecule has 21 heavy (non-hydrogen) atoms. The van der Waals surface area contributed by atoms with Crippen LogP contribution in [0.2, 0.25) is 0 Å². The highest BCUT2D eigenvalue weighted by molar-refractivity contribution is 5.50. The van der Waals surface area contributed by atoms with E-state index in [9.17, 15) is 10.1 Å². The number of anilines is 1. The maximum absolute atomic E-state index is 10.7. The molecule has 0 atom stereocenters. The molecule has 0 unspecified atom stereocenters. The zero-order valence-electron chi connectivity index (χ0n) is 10.8. The zero-order chi connectivity index (χ0) is 15.2. The number of nitrogens with zero attached hydrogens (tertiary/aromatic N) is 4. The average molecular weight is 279 g/mol. The summed E-state index contributed by atoms with van der Waals surface area (Å²) in [4.78, 5) is 13.9. The van der Waals surface area contributed by atoms with Crippen LogP contribution in [0.1, 0.15) is 16.8 Å². The summed E-state index contributed by atoms with van der Waals surface area (Å²) < 4.78 is 0. The molecule has 1 heterocycles. The van der Waals surface area contributed by atoms with Gasteiger partial charge in [0.2, 0.25) is 5.69 Å². The van der Waals surface area contributed by atoms with Crippen LogP contribution in [0.25, 0.3) is 0 Å². The highest BCUT2D eigenvalue weighted by Gasteiger charge is 2.15. The first-order chi connectivity index (χ1) is 10.1. The van der Waals surface area contributed by atoms with Gasteiger partial charge < -0.3 is 5.32 Å². The SMILES string of the molecule is N#Cc1cccc(CNc2ccc([N+](=O)[O-])c(C#N)n2)c1. The topological polar surface area (TPSA) is 116 Å². The molecule has 0 saturated heterocycles. The maximum Gasteiger partial charge on any atom is 0.305 e. The molecule has 0 bridgehead atoms. The normalized spacial score (nSPS) is 9.43. The number of pyridine rings is 1. The van der Waals surface area contributed by atoms with E-state index in [4.69, 9.17) is 10.5 Å². The molecule has 0 saturated carbocycles. The van der Waals surface area contributed by atoms with Gasteiger partial charge in [0.25, 0.3) is 0 Å². The molecule has 1 N–H and O–H groups in total. The molecule has 0 amide bonds. The third-order valence-electron chi connectivity index (χ3n) is 2.71. The first-order valence-electron chi connectivity index (χ1n) is 5.92. The minimum atomic E-state index is -0.647. The van der Waals surface area contributed by atoms with Gasteiger partial charge in [-0.2, -0.15) is 10.5 Å². The van der Waals surface area contributed by atoms with E-state index < -0.39 is 4.92 Å². The van der Waals surface area contributed by atoms with Gasteiger partial charge in [0.15, 0.2) is 0 Å². The zero-order valence-corrected chi connectivity index (χ0v) is 10.8. The molecule has 2 aromatic rings. The smallest absolute Gasteiger partial charge is 0.305 e. The lowest BCUT2D eigenvalue weighted by atomic mass is 10.1. The lowest BCUT2D eigenvalue weighted by Gasteiger charge is -2.06. The van der Waals surface area contributed by atoms with E-state index in [1.54, 1.807) is 24.3 Å². The Bertz CT molecular complexity index is 774. The Labute approximate surface area is 120 Å². The molecule has 102 valence electrons. The lowest BCUT2D eigenvalue weighted by Crippen LogP contribution is -2.04. The van der Waals surface area contributed by atoms with E-state index in [0.29, 0.717) is 17.9 Å². The molecule has 0 radical (unpaired) electrons. The Morgan fingerprint density at radius 1 is 1.24 bits per heavy atom. The highest BCUT2D eigenvalue weighted by atomic mass is 16.6. The summed E-state index contributed by atoms with van der Waals surface area (Å²) in [5, 5.41) is 31.3. The minimum absolute atomic E-state index is 0.240. The van der Waals surface area contributed by atoms with Gasteiger partial charge in [-0.15, -0.1) is 0 Å². The van der Waals surface area contributed by atoms with E-state index >= 15 is 0 Å². The number of nitro groups is 1. The number of nitriles is 2. The fourth-order valence-electron chi connectivity index (χ4n) is 1.72. The Morgan fingerprint density at radius 2 is 2.05 bits per heavy atom. The molecule has 0 fully saturated rings. The van der Waals surface area contributed by atoms with Gasteiger partial charge in [-0.3, -0.25) is 10.1 Å². The summed E-state index contributed by atoms with van der Waals surface area (Å²) in [6.07, 6.45) is 0. The number of nitrogens with one attached hydrogen (secondary N) is 1. The predicted octanol–water partition coefficient (Wildman–Crippen LogP) is 2.35. The molecule has 0 aliphatic carbocycles. The van der Waals surface area contributed by atoms with Crippen molar-refractivity contribution in [1.29, 1.82) is 10.5 Å². The Kier molecular flexibility index (Phi) is 4.08. The third kappa shape index (κ3) is 3.31. The third-order valence-corrected chi connectivity index (χ3v) is 2.71. The van der Waals surface area contributed by atoms with Crippen molar-refractivity contribution in [2.24, 2.45) is 0 Å². The molecule has 1 aromatic heterocycles. The second-order valence-electron chi connectivity index (χ2n) is 4.10. The summed E-state index contributed by atoms with van der Waals surface area (Å²) in [7, 11) is 0. The van der Waals surface area contributed by atoms with Crippen LogP contribution in [0.3, 0.4) is 0 Å². The summed E-state index contributed by atoms with van der Waals surface area (Å²) in [5.74, 6) is 0.361.